The van der Waals surface area contributed by atoms with Crippen LogP contribution in [0.1, 0.15) is 120 Å². The Balaban J connectivity index is 1.24. The molecule has 14 atom stereocenters. The van der Waals surface area contributed by atoms with Crippen LogP contribution < -0.4 is 103 Å². The number of primary amides is 1. The second-order valence-electron chi connectivity index (χ2n) is 36.7. The fourth-order valence-electron chi connectivity index (χ4n) is 16.1. The van der Waals surface area contributed by atoms with E-state index in [-0.39, 0.29) is 89.8 Å². The highest BCUT2D eigenvalue weighted by atomic mass is 32.2. The van der Waals surface area contributed by atoms with E-state index < -0.39 is 240 Å². The molecule has 1 fully saturated rings. The molecule has 0 aliphatic carbocycles. The maximum absolute atomic E-state index is 15.7. The number of amides is 16. The monoisotopic (exact) mass is 2020 g/mol. The summed E-state index contributed by atoms with van der Waals surface area (Å²) in [7, 11) is 2.59. The lowest BCUT2D eigenvalue weighted by Crippen LogP contribution is -2.62. The normalized spacial score (nSPS) is 22.3. The predicted molar refractivity (Wildman–Crippen MR) is 544 cm³/mol. The quantitative estimate of drug-likeness (QED) is 0.0146. The van der Waals surface area contributed by atoms with E-state index in [4.69, 9.17) is 33.8 Å². The zero-order valence-electron chi connectivity index (χ0n) is 82.7. The fourth-order valence-corrected chi connectivity index (χ4v) is 17.0. The van der Waals surface area contributed by atoms with Gasteiger partial charge in [-0.2, -0.15) is 0 Å². The third kappa shape index (κ3) is 36.5. The zero-order valence-corrected chi connectivity index (χ0v) is 83.5. The maximum Gasteiger partial charge on any atom is 0.305 e. The van der Waals surface area contributed by atoms with Crippen LogP contribution in [0.5, 0.6) is 0 Å². The molecule has 28 N–H and O–H groups in total. The molecule has 0 unspecified atom stereocenters. The first-order chi connectivity index (χ1) is 69.0. The summed E-state index contributed by atoms with van der Waals surface area (Å²) in [6.07, 6.45) is -1.47. The molecule has 0 spiro atoms. The number of carboxylic acids is 1. The predicted octanol–water partition coefficient (Wildman–Crippen LogP) is -1.00. The molecule has 7 aromatic rings. The van der Waals surface area contributed by atoms with Crippen molar-refractivity contribution in [3.63, 3.8) is 0 Å². The second-order valence-corrected chi connectivity index (χ2v) is 37.8. The number of aliphatic carboxylic acids is 1. The molecule has 1 saturated heterocycles. The molecule has 43 nitrogen and oxygen atoms in total. The third-order valence-corrected chi connectivity index (χ3v) is 25.3. The number of guanidine groups is 2. The Hall–Kier alpha value is -15.3. The Kier molecular flexibility index (Phi) is 45.2. The summed E-state index contributed by atoms with van der Waals surface area (Å²) in [5.41, 5.74) is 27.9. The molecule has 780 valence electrons. The number of aromatic nitrogens is 1. The van der Waals surface area contributed by atoms with Crippen LogP contribution in [-0.2, 0) is 120 Å². The van der Waals surface area contributed by atoms with Crippen LogP contribution in [-0.4, -0.2) is 274 Å². The molecule has 6 aromatic carbocycles. The number of likely N-dealkylation sites (N-methyl/N-ethyl adjacent to an activating group) is 2. The number of carbonyl (C=O) groups is 17. The van der Waals surface area contributed by atoms with Crippen molar-refractivity contribution in [2.45, 2.75) is 210 Å². The first kappa shape index (κ1) is 115. The topological polar surface area (TPSA) is 685 Å². The van der Waals surface area contributed by atoms with E-state index in [1.165, 1.54) is 34.9 Å². The molecule has 16 amide bonds. The number of fused-ring (bicyclic) bond motifs is 1. The lowest BCUT2D eigenvalue weighted by molar-refractivity contribution is -0.148. The zero-order chi connectivity index (χ0) is 106. The Morgan fingerprint density at radius 1 is 0.441 bits per heavy atom. The van der Waals surface area contributed by atoms with Crippen LogP contribution in [0.4, 0.5) is 0 Å². The fraction of sp³-hybridized carbons (Fsp3) is 0.436. The van der Waals surface area contributed by atoms with Crippen molar-refractivity contribution in [3.05, 3.63) is 203 Å². The van der Waals surface area contributed by atoms with Crippen LogP contribution >= 0.6 is 11.8 Å². The largest absolute Gasteiger partial charge is 0.481 e. The van der Waals surface area contributed by atoms with Crippen molar-refractivity contribution >= 4 is 135 Å². The standard InChI is InChI=1S/C101H136N24O19S/c1-56(2)43-72-92(137)122-85(58(5)6)97(142)120-78(53-126)94(139)121-79(86(131)111-52-81(103)127)54-145-55-82(128)112-73(44-60-23-13-10-14-24-60)88(133)116-74(45-62-33-35-64(50-102)36-34-62)90(135)118-77(49-83(129)130)91(136)117-76(48-67-51-110-69-30-20-19-29-68(67)69)93(138)123-84(57(3)4)96(141)119-75(46-63-37-39-66(40-38-63)65-27-17-12-18-28-65)89(134)114-71(32-22-42-109-101(106)107)99(144)124(8)59(7)98(143)125(9)80(47-61-25-15-11-16-26-61)95(140)113-70(87(132)115-72)31-21-41-108-100(104)105/h10-20,23-30,33-40,51,56-59,70-80,84-85,110,126H,21-22,31-32,41-50,52-55,102H2,1-9H3,(H2,103,127)(H,111,131)(H,112,128)(H,113,140)(H,114,134)(H,115,132)(H,116,133)(H,117,136)(H,118,135)(H,119,141)(H,120,142)(H,121,139)(H,122,137)(H,123,138)(H,129,130)(H4,104,105,108)(H4,106,107,109)/t59-,70-,71-,72-,73-,74-,75-,76-,77-,78-,79-,80-,84-,85-/m0/s1. The molecule has 2 heterocycles. The van der Waals surface area contributed by atoms with Gasteiger partial charge >= 0.3 is 5.97 Å². The van der Waals surface area contributed by atoms with Crippen molar-refractivity contribution < 1.29 is 91.7 Å². The van der Waals surface area contributed by atoms with E-state index in [0.717, 1.165) is 32.7 Å². The Bertz CT molecular complexity index is 5650. The number of nitrogens with zero attached hydrogens (tertiary/aromatic N) is 2. The van der Waals surface area contributed by atoms with Gasteiger partial charge in [0.2, 0.25) is 94.5 Å². The van der Waals surface area contributed by atoms with Gasteiger partial charge in [0.25, 0.3) is 0 Å². The van der Waals surface area contributed by atoms with Gasteiger partial charge in [0.05, 0.1) is 25.3 Å². The summed E-state index contributed by atoms with van der Waals surface area (Å²) in [6, 6.07) is 23.6. The molecule has 1 aromatic heterocycles. The summed E-state index contributed by atoms with van der Waals surface area (Å²) >= 11 is 0.719. The number of aromatic amines is 1. The van der Waals surface area contributed by atoms with E-state index in [2.05, 4.69) is 84.7 Å². The van der Waals surface area contributed by atoms with Gasteiger partial charge in [-0.15, -0.1) is 11.8 Å². The molecule has 0 radical (unpaired) electrons. The van der Waals surface area contributed by atoms with E-state index in [0.29, 0.717) is 44.3 Å². The van der Waals surface area contributed by atoms with Crippen molar-refractivity contribution in [2.24, 2.45) is 40.7 Å². The average molecular weight is 2020 g/mol. The summed E-state index contributed by atoms with van der Waals surface area (Å²) in [4.78, 5) is 257. The number of carbonyl (C=O) groups excluding carboxylic acids is 16. The molecule has 8 rings (SSSR count). The molecule has 0 saturated carbocycles. The number of para-hydroxylation sites is 1. The first-order valence-electron chi connectivity index (χ1n) is 47.9. The third-order valence-electron chi connectivity index (χ3n) is 24.3. The number of hydrogen-bond acceptors (Lipinski definition) is 22. The molecule has 44 heteroatoms. The number of rotatable bonds is 30. The van der Waals surface area contributed by atoms with Crippen LogP contribution in [0.15, 0.2) is 170 Å². The van der Waals surface area contributed by atoms with Crippen LogP contribution in [0.3, 0.4) is 0 Å². The smallest absolute Gasteiger partial charge is 0.305 e. The minimum absolute atomic E-state index is 0.00457. The Labute approximate surface area is 845 Å². The highest BCUT2D eigenvalue weighted by molar-refractivity contribution is 8.00. The Morgan fingerprint density at radius 3 is 1.37 bits per heavy atom. The number of benzene rings is 6. The summed E-state index contributed by atoms with van der Waals surface area (Å²) in [5, 5.41) is 77.3. The molecule has 0 bridgehead atoms. The van der Waals surface area contributed by atoms with Gasteiger partial charge in [0.15, 0.2) is 11.9 Å². The van der Waals surface area contributed by atoms with Gasteiger partial charge in [0.1, 0.15) is 84.6 Å². The average Bonchev–Trinajstić information content (AvgIpc) is 1.64. The number of hydrogen-bond donors (Lipinski definition) is 24. The van der Waals surface area contributed by atoms with Crippen molar-refractivity contribution in [1.82, 2.24) is 94.5 Å². The van der Waals surface area contributed by atoms with E-state index >= 15 is 47.9 Å². The van der Waals surface area contributed by atoms with E-state index in [1.54, 1.807) is 167 Å². The summed E-state index contributed by atoms with van der Waals surface area (Å²) in [6.45, 7) is 9.26. The molecule has 1 aliphatic heterocycles. The van der Waals surface area contributed by atoms with Crippen molar-refractivity contribution in [3.8, 4) is 11.1 Å². The van der Waals surface area contributed by atoms with Crippen molar-refractivity contribution in [2.75, 3.05) is 51.8 Å². The van der Waals surface area contributed by atoms with Gasteiger partial charge in [-0.25, -0.2) is 0 Å². The molecular weight excluding hydrogens is 1890 g/mol. The van der Waals surface area contributed by atoms with Crippen LogP contribution in [0, 0.1) is 28.6 Å². The lowest BCUT2D eigenvalue weighted by atomic mass is 9.98. The molecule has 1 aliphatic rings. The van der Waals surface area contributed by atoms with Crippen LogP contribution in [0.2, 0.25) is 0 Å². The highest BCUT2D eigenvalue weighted by Crippen LogP contribution is 2.25. The number of aliphatic hydroxyl groups is 1. The summed E-state index contributed by atoms with van der Waals surface area (Å²) in [5.74, 6) is -21.6. The number of thioether (sulfide) groups is 1. The van der Waals surface area contributed by atoms with Gasteiger partial charge in [-0.1, -0.05) is 199 Å². The van der Waals surface area contributed by atoms with Gasteiger partial charge in [0, 0.05) is 88.7 Å². The van der Waals surface area contributed by atoms with Gasteiger partial charge < -0.3 is 128 Å². The number of aliphatic hydroxyl groups excluding tert-OH is 1. The number of H-pyrrole nitrogens is 1. The van der Waals surface area contributed by atoms with Crippen molar-refractivity contribution in [1.29, 1.82) is 10.8 Å². The first-order valence-corrected chi connectivity index (χ1v) is 49.0. The van der Waals surface area contributed by atoms with Gasteiger partial charge in [-0.3, -0.25) is 92.3 Å². The SMILES string of the molecule is CC(C)C[C@@H]1NC(=O)[C@H](CCCNC(=N)N)NC(=O)[C@H](Cc2ccccc2)N(C)C(=O)[C@H](C)N(C)C(=O)[C@H](CCCNC(=N)N)NC(=O)[C@H](Cc2ccc(-c3ccccc3)cc2)NC(=O)[C@H](C(C)C)NC(=O)[C@H](Cc2c[nH]c3ccccc23)NC(=O)[C@H](CC(=O)O)NC(=O)[C@H](Cc2ccc(CN)cc2)NC(=O)[C@H](Cc2ccccc2)NC(=O)CSC[C@@H](C(=O)NCC(N)=O)NC(=O)[C@H](CO)NC(=O)[C@H](C(C)C)NC1=O. The maximum atomic E-state index is 15.7. The van der Waals surface area contributed by atoms with Gasteiger partial charge in [-0.05, 0) is 107 Å². The minimum atomic E-state index is -2.06. The lowest BCUT2D eigenvalue weighted by Gasteiger charge is -2.35. The van der Waals surface area contributed by atoms with E-state index in [1.807, 2.05) is 30.3 Å². The second kappa shape index (κ2) is 57.1. The molecular formula is C101H136N24O19S. The van der Waals surface area contributed by atoms with E-state index in [9.17, 15) is 43.8 Å². The Morgan fingerprint density at radius 2 is 0.855 bits per heavy atom. The highest BCUT2D eigenvalue weighted by Gasteiger charge is 2.42. The number of nitrogens with one attached hydrogen (secondary N) is 18. The minimum Gasteiger partial charge on any atom is -0.481 e. The summed E-state index contributed by atoms with van der Waals surface area (Å²) < 4.78 is 0. The number of carboxylic acid groups (broad SMARTS) is 1. The van der Waals surface area contributed by atoms with Crippen LogP contribution in [0.25, 0.3) is 22.0 Å². The number of nitrogens with two attached hydrogens (primary N) is 4. The molecule has 145 heavy (non-hydrogen) atoms.